The summed E-state index contributed by atoms with van der Waals surface area (Å²) < 4.78 is 4.81. The maximum atomic E-state index is 11.7. The van der Waals surface area contributed by atoms with Crippen LogP contribution in [0.5, 0.6) is 0 Å². The molecule has 1 heterocycles. The second-order valence-electron chi connectivity index (χ2n) is 4.12. The highest BCUT2D eigenvalue weighted by molar-refractivity contribution is 5.99. The van der Waals surface area contributed by atoms with E-state index in [2.05, 4.69) is 11.7 Å². The van der Waals surface area contributed by atoms with Crippen molar-refractivity contribution in [2.75, 3.05) is 0 Å². The average Bonchev–Trinajstić information content (AvgIpc) is 2.97. The molecule has 9 nitrogen and oxygen atoms in total. The number of aromatic nitrogens is 1. The molecule has 0 radical (unpaired) electrons. The van der Waals surface area contributed by atoms with Gasteiger partial charge in [-0.15, -0.1) is 0 Å². The van der Waals surface area contributed by atoms with E-state index < -0.39 is 22.5 Å². The molecule has 0 atom stereocenters. The number of carboxylic acids is 1. The zero-order valence-corrected chi connectivity index (χ0v) is 11.0. The molecule has 22 heavy (non-hydrogen) atoms. The summed E-state index contributed by atoms with van der Waals surface area (Å²) in [4.78, 5) is 32.3. The molecule has 0 aliphatic rings. The molecule has 0 spiro atoms. The summed E-state index contributed by atoms with van der Waals surface area (Å²) in [5.41, 5.74) is 0.202. The number of rotatable bonds is 5. The summed E-state index contributed by atoms with van der Waals surface area (Å²) in [5.74, 6) is -2.40. The van der Waals surface area contributed by atoms with Crippen molar-refractivity contribution in [2.45, 2.75) is 0 Å². The van der Waals surface area contributed by atoms with Crippen LogP contribution < -0.4 is 5.32 Å². The molecule has 1 amide bonds. The lowest BCUT2D eigenvalue weighted by Gasteiger charge is -1.99. The fraction of sp³-hybridized carbons (Fsp3) is 0. The van der Waals surface area contributed by atoms with E-state index in [1.54, 1.807) is 0 Å². The standard InChI is InChI=1S/C13H9N3O6/c1-7(13(18)19)14-12(17)11-6-10(15-22-11)8-2-4-9(5-3-8)16(20)21/h2-6H,1H2,(H,14,17)(H,18,19). The average molecular weight is 303 g/mol. The van der Waals surface area contributed by atoms with Crippen LogP contribution in [0.4, 0.5) is 5.69 Å². The number of aliphatic carboxylic acids is 1. The second-order valence-corrected chi connectivity index (χ2v) is 4.12. The van der Waals surface area contributed by atoms with E-state index in [1.807, 2.05) is 5.32 Å². The third-order valence-electron chi connectivity index (χ3n) is 2.63. The lowest BCUT2D eigenvalue weighted by atomic mass is 10.1. The summed E-state index contributed by atoms with van der Waals surface area (Å²) in [6, 6.07) is 6.76. The molecule has 0 fully saturated rings. The molecule has 2 aromatic rings. The van der Waals surface area contributed by atoms with Gasteiger partial charge < -0.3 is 14.9 Å². The van der Waals surface area contributed by atoms with Gasteiger partial charge in [-0.2, -0.15) is 0 Å². The van der Waals surface area contributed by atoms with E-state index in [-0.39, 0.29) is 17.1 Å². The predicted molar refractivity (Wildman–Crippen MR) is 72.8 cm³/mol. The van der Waals surface area contributed by atoms with E-state index in [9.17, 15) is 19.7 Å². The number of amides is 1. The Morgan fingerprint density at radius 1 is 1.32 bits per heavy atom. The number of nitrogens with one attached hydrogen (secondary N) is 1. The van der Waals surface area contributed by atoms with E-state index in [4.69, 9.17) is 9.63 Å². The Labute approximate surface area is 123 Å². The number of carbonyl (C=O) groups excluding carboxylic acids is 1. The lowest BCUT2D eigenvalue weighted by molar-refractivity contribution is -0.384. The molecule has 0 saturated heterocycles. The van der Waals surface area contributed by atoms with E-state index in [0.717, 1.165) is 0 Å². The Balaban J connectivity index is 2.17. The molecular formula is C13H9N3O6. The van der Waals surface area contributed by atoms with Crippen molar-refractivity contribution in [1.29, 1.82) is 0 Å². The zero-order chi connectivity index (χ0) is 16.3. The molecule has 0 unspecified atom stereocenters. The summed E-state index contributed by atoms with van der Waals surface area (Å²) in [6.45, 7) is 3.15. The molecule has 1 aromatic carbocycles. The van der Waals surface area contributed by atoms with Crippen molar-refractivity contribution in [3.05, 3.63) is 58.5 Å². The summed E-state index contributed by atoms with van der Waals surface area (Å²) >= 11 is 0. The van der Waals surface area contributed by atoms with Gasteiger partial charge in [0.2, 0.25) is 5.76 Å². The molecule has 2 N–H and O–H groups in total. The van der Waals surface area contributed by atoms with Gasteiger partial charge in [-0.3, -0.25) is 14.9 Å². The minimum absolute atomic E-state index is 0.0806. The van der Waals surface area contributed by atoms with Crippen LogP contribution in [0.3, 0.4) is 0 Å². The molecule has 0 bridgehead atoms. The van der Waals surface area contributed by atoms with Crippen LogP contribution in [-0.4, -0.2) is 27.1 Å². The van der Waals surface area contributed by atoms with Crippen molar-refractivity contribution in [3.8, 4) is 11.3 Å². The van der Waals surface area contributed by atoms with Crippen molar-refractivity contribution in [1.82, 2.24) is 10.5 Å². The molecule has 112 valence electrons. The number of non-ortho nitro benzene ring substituents is 1. The highest BCUT2D eigenvalue weighted by Crippen LogP contribution is 2.22. The van der Waals surface area contributed by atoms with E-state index >= 15 is 0 Å². The zero-order valence-electron chi connectivity index (χ0n) is 11.0. The third kappa shape index (κ3) is 3.15. The highest BCUT2D eigenvalue weighted by atomic mass is 16.6. The molecular weight excluding hydrogens is 294 g/mol. The Morgan fingerprint density at radius 3 is 2.50 bits per heavy atom. The first kappa shape index (κ1) is 14.9. The Bertz CT molecular complexity index is 762. The van der Waals surface area contributed by atoms with Gasteiger partial charge in [-0.1, -0.05) is 11.7 Å². The van der Waals surface area contributed by atoms with Crippen LogP contribution in [0.15, 0.2) is 47.1 Å². The highest BCUT2D eigenvalue weighted by Gasteiger charge is 2.17. The number of carboxylic acid groups (broad SMARTS) is 1. The van der Waals surface area contributed by atoms with E-state index in [1.165, 1.54) is 30.3 Å². The van der Waals surface area contributed by atoms with Crippen molar-refractivity contribution < 1.29 is 24.1 Å². The van der Waals surface area contributed by atoms with Gasteiger partial charge in [0, 0.05) is 23.8 Å². The van der Waals surface area contributed by atoms with Crippen molar-refractivity contribution >= 4 is 17.6 Å². The van der Waals surface area contributed by atoms with Gasteiger partial charge in [0.25, 0.3) is 11.6 Å². The van der Waals surface area contributed by atoms with Crippen molar-refractivity contribution in [3.63, 3.8) is 0 Å². The number of nitrogens with zero attached hydrogens (tertiary/aromatic N) is 2. The van der Waals surface area contributed by atoms with Gasteiger partial charge in [0.1, 0.15) is 11.4 Å². The largest absolute Gasteiger partial charge is 0.477 e. The summed E-state index contributed by atoms with van der Waals surface area (Å²) in [5, 5.41) is 24.9. The number of nitro groups is 1. The maximum Gasteiger partial charge on any atom is 0.351 e. The minimum atomic E-state index is -1.37. The topological polar surface area (TPSA) is 136 Å². The van der Waals surface area contributed by atoms with Crippen LogP contribution in [0.25, 0.3) is 11.3 Å². The van der Waals surface area contributed by atoms with Crippen LogP contribution in [0.1, 0.15) is 10.6 Å². The van der Waals surface area contributed by atoms with Crippen LogP contribution in [0.2, 0.25) is 0 Å². The first-order chi connectivity index (χ1) is 10.4. The predicted octanol–water partition coefficient (Wildman–Crippen LogP) is 1.58. The Kier molecular flexibility index (Phi) is 3.98. The quantitative estimate of drug-likeness (QED) is 0.486. The molecule has 9 heteroatoms. The minimum Gasteiger partial charge on any atom is -0.477 e. The van der Waals surface area contributed by atoms with Gasteiger partial charge in [0.15, 0.2) is 0 Å². The number of hydrogen-bond donors (Lipinski definition) is 2. The first-order valence-corrected chi connectivity index (χ1v) is 5.83. The number of benzene rings is 1. The van der Waals surface area contributed by atoms with Gasteiger partial charge in [-0.25, -0.2) is 4.79 Å². The van der Waals surface area contributed by atoms with Gasteiger partial charge >= 0.3 is 5.97 Å². The summed E-state index contributed by atoms with van der Waals surface area (Å²) in [7, 11) is 0. The van der Waals surface area contributed by atoms with Crippen molar-refractivity contribution in [2.24, 2.45) is 0 Å². The summed E-state index contributed by atoms with van der Waals surface area (Å²) in [6.07, 6.45) is 0. The smallest absolute Gasteiger partial charge is 0.351 e. The van der Waals surface area contributed by atoms with Gasteiger partial charge in [-0.05, 0) is 12.1 Å². The molecule has 2 rings (SSSR count). The molecule has 0 saturated carbocycles. The van der Waals surface area contributed by atoms with Crippen LogP contribution in [0, 0.1) is 10.1 Å². The molecule has 0 aliphatic heterocycles. The monoisotopic (exact) mass is 303 g/mol. The number of hydrogen-bond acceptors (Lipinski definition) is 6. The lowest BCUT2D eigenvalue weighted by Crippen LogP contribution is -2.26. The molecule has 1 aromatic heterocycles. The van der Waals surface area contributed by atoms with Crippen LogP contribution in [-0.2, 0) is 4.79 Å². The SMILES string of the molecule is C=C(NC(=O)c1cc(-c2ccc([N+](=O)[O-])cc2)no1)C(=O)O. The Morgan fingerprint density at radius 2 is 1.95 bits per heavy atom. The van der Waals surface area contributed by atoms with E-state index in [0.29, 0.717) is 5.56 Å². The van der Waals surface area contributed by atoms with Gasteiger partial charge in [0.05, 0.1) is 4.92 Å². The fourth-order valence-electron chi connectivity index (χ4n) is 1.52. The number of nitro benzene ring substituents is 1. The normalized spacial score (nSPS) is 10.0. The third-order valence-corrected chi connectivity index (χ3v) is 2.63. The molecule has 0 aliphatic carbocycles. The fourth-order valence-corrected chi connectivity index (χ4v) is 1.52. The second kappa shape index (κ2) is 5.87. The Hall–Kier alpha value is -3.49. The maximum absolute atomic E-state index is 11.7. The first-order valence-electron chi connectivity index (χ1n) is 5.83. The van der Waals surface area contributed by atoms with Crippen LogP contribution >= 0.6 is 0 Å². The number of carbonyl (C=O) groups is 2.